The van der Waals surface area contributed by atoms with Gasteiger partial charge in [0.05, 0.1) is 16.7 Å². The largest absolute Gasteiger partial charge is 0.354 e. The SMILES string of the molecule is CC(C)CNC(=O)C(C)NC1CS(=O)(=O)c2ccccc21. The topological polar surface area (TPSA) is 75.3 Å². The summed E-state index contributed by atoms with van der Waals surface area (Å²) in [5.74, 6) is 0.285. The second-order valence-electron chi connectivity index (χ2n) is 5.90. The highest BCUT2D eigenvalue weighted by molar-refractivity contribution is 7.91. The van der Waals surface area contributed by atoms with E-state index in [1.54, 1.807) is 25.1 Å². The summed E-state index contributed by atoms with van der Waals surface area (Å²) in [5.41, 5.74) is 0.751. The number of benzene rings is 1. The van der Waals surface area contributed by atoms with Crippen molar-refractivity contribution >= 4 is 15.7 Å². The Bertz CT molecular complexity index is 626. The van der Waals surface area contributed by atoms with Gasteiger partial charge in [-0.15, -0.1) is 0 Å². The summed E-state index contributed by atoms with van der Waals surface area (Å²) < 4.78 is 24.2. The molecule has 6 heteroatoms. The summed E-state index contributed by atoms with van der Waals surface area (Å²) in [6, 6.07) is 6.20. The molecule has 21 heavy (non-hydrogen) atoms. The highest BCUT2D eigenvalue weighted by atomic mass is 32.2. The maximum atomic E-state index is 12.1. The van der Waals surface area contributed by atoms with Crippen LogP contribution in [0, 0.1) is 5.92 Å². The average Bonchev–Trinajstić information content (AvgIpc) is 2.68. The van der Waals surface area contributed by atoms with Crippen molar-refractivity contribution in [3.8, 4) is 0 Å². The summed E-state index contributed by atoms with van der Waals surface area (Å²) in [6.45, 7) is 6.42. The maximum Gasteiger partial charge on any atom is 0.236 e. The standard InChI is InChI=1S/C15H22N2O3S/c1-10(2)8-16-15(18)11(3)17-13-9-21(19,20)14-7-5-4-6-12(13)14/h4-7,10-11,13,17H,8-9H2,1-3H3,(H,16,18). The molecule has 0 spiro atoms. The van der Waals surface area contributed by atoms with Crippen LogP contribution < -0.4 is 10.6 Å². The number of sulfone groups is 1. The lowest BCUT2D eigenvalue weighted by Gasteiger charge is -2.19. The molecule has 0 aliphatic carbocycles. The van der Waals surface area contributed by atoms with Crippen LogP contribution in [0.15, 0.2) is 29.2 Å². The molecule has 0 saturated carbocycles. The minimum absolute atomic E-state index is 0.00808. The normalized spacial score (nSPS) is 21.0. The molecule has 1 aliphatic heterocycles. The van der Waals surface area contributed by atoms with E-state index >= 15 is 0 Å². The van der Waals surface area contributed by atoms with Crippen LogP contribution in [0.4, 0.5) is 0 Å². The molecular weight excluding hydrogens is 288 g/mol. The molecule has 1 aromatic rings. The Morgan fingerprint density at radius 1 is 1.29 bits per heavy atom. The van der Waals surface area contributed by atoms with E-state index in [2.05, 4.69) is 10.6 Å². The van der Waals surface area contributed by atoms with Crippen molar-refractivity contribution in [2.24, 2.45) is 5.92 Å². The van der Waals surface area contributed by atoms with Crippen molar-refractivity contribution in [3.05, 3.63) is 29.8 Å². The van der Waals surface area contributed by atoms with Gasteiger partial charge in [-0.25, -0.2) is 8.42 Å². The lowest BCUT2D eigenvalue weighted by atomic mass is 10.1. The summed E-state index contributed by atoms with van der Waals surface area (Å²) in [7, 11) is -3.25. The molecule has 0 radical (unpaired) electrons. The van der Waals surface area contributed by atoms with E-state index in [0.717, 1.165) is 5.56 Å². The molecule has 1 aliphatic rings. The lowest BCUT2D eigenvalue weighted by Crippen LogP contribution is -2.45. The Labute approximate surface area is 126 Å². The molecule has 5 nitrogen and oxygen atoms in total. The Kier molecular flexibility index (Phi) is 4.68. The Morgan fingerprint density at radius 3 is 2.62 bits per heavy atom. The van der Waals surface area contributed by atoms with Gasteiger partial charge < -0.3 is 5.32 Å². The number of carbonyl (C=O) groups is 1. The second kappa shape index (κ2) is 6.15. The monoisotopic (exact) mass is 310 g/mol. The van der Waals surface area contributed by atoms with E-state index in [1.807, 2.05) is 19.9 Å². The van der Waals surface area contributed by atoms with Crippen molar-refractivity contribution < 1.29 is 13.2 Å². The van der Waals surface area contributed by atoms with E-state index in [0.29, 0.717) is 17.4 Å². The first-order chi connectivity index (χ1) is 9.81. The predicted octanol–water partition coefficient (Wildman–Crippen LogP) is 1.27. The molecule has 2 N–H and O–H groups in total. The number of fused-ring (bicyclic) bond motifs is 1. The van der Waals surface area contributed by atoms with Crippen LogP contribution in [0.2, 0.25) is 0 Å². The van der Waals surface area contributed by atoms with Gasteiger partial charge in [-0.05, 0) is 24.5 Å². The summed E-state index contributed by atoms with van der Waals surface area (Å²) >= 11 is 0. The van der Waals surface area contributed by atoms with Crippen LogP contribution in [0.3, 0.4) is 0 Å². The van der Waals surface area contributed by atoms with Crippen LogP contribution in [0.5, 0.6) is 0 Å². The zero-order valence-corrected chi connectivity index (χ0v) is 13.4. The molecule has 1 amide bonds. The molecule has 0 aromatic heterocycles. The number of amides is 1. The molecule has 2 rings (SSSR count). The van der Waals surface area contributed by atoms with E-state index in [-0.39, 0.29) is 17.7 Å². The number of hydrogen-bond donors (Lipinski definition) is 2. The predicted molar refractivity (Wildman–Crippen MR) is 81.7 cm³/mol. The Morgan fingerprint density at radius 2 is 1.95 bits per heavy atom. The minimum Gasteiger partial charge on any atom is -0.354 e. The van der Waals surface area contributed by atoms with Gasteiger partial charge in [-0.1, -0.05) is 32.0 Å². The first kappa shape index (κ1) is 16.0. The molecular formula is C15H22N2O3S. The van der Waals surface area contributed by atoms with Crippen LogP contribution in [-0.4, -0.2) is 32.7 Å². The van der Waals surface area contributed by atoms with E-state index in [9.17, 15) is 13.2 Å². The van der Waals surface area contributed by atoms with Crippen molar-refractivity contribution in [2.45, 2.75) is 37.8 Å². The zero-order chi connectivity index (χ0) is 15.6. The van der Waals surface area contributed by atoms with Gasteiger partial charge in [-0.2, -0.15) is 0 Å². The third kappa shape index (κ3) is 3.63. The van der Waals surface area contributed by atoms with Crippen LogP contribution in [0.1, 0.15) is 32.4 Å². The van der Waals surface area contributed by atoms with Gasteiger partial charge in [-0.3, -0.25) is 10.1 Å². The second-order valence-corrected chi connectivity index (χ2v) is 7.90. The van der Waals surface area contributed by atoms with E-state index < -0.39 is 15.9 Å². The molecule has 0 bridgehead atoms. The molecule has 2 unspecified atom stereocenters. The molecule has 0 fully saturated rings. The van der Waals surface area contributed by atoms with Crippen molar-refractivity contribution in [1.29, 1.82) is 0 Å². The first-order valence-corrected chi connectivity index (χ1v) is 8.82. The molecule has 0 saturated heterocycles. The molecule has 1 heterocycles. The molecule has 1 aromatic carbocycles. The zero-order valence-electron chi connectivity index (χ0n) is 12.6. The fourth-order valence-electron chi connectivity index (χ4n) is 2.42. The van der Waals surface area contributed by atoms with Crippen molar-refractivity contribution in [1.82, 2.24) is 10.6 Å². The highest BCUT2D eigenvalue weighted by Crippen LogP contribution is 2.33. The smallest absolute Gasteiger partial charge is 0.236 e. The summed E-state index contributed by atoms with van der Waals surface area (Å²) in [5, 5.41) is 5.97. The van der Waals surface area contributed by atoms with Gasteiger partial charge in [0.2, 0.25) is 5.91 Å². The number of rotatable bonds is 5. The fraction of sp³-hybridized carbons (Fsp3) is 0.533. The average molecular weight is 310 g/mol. The van der Waals surface area contributed by atoms with Crippen molar-refractivity contribution in [3.63, 3.8) is 0 Å². The number of nitrogens with one attached hydrogen (secondary N) is 2. The maximum absolute atomic E-state index is 12.1. The summed E-state index contributed by atoms with van der Waals surface area (Å²) in [4.78, 5) is 12.4. The van der Waals surface area contributed by atoms with Gasteiger partial charge in [0, 0.05) is 12.6 Å². The van der Waals surface area contributed by atoms with Crippen LogP contribution in [0.25, 0.3) is 0 Å². The van der Waals surface area contributed by atoms with E-state index in [1.165, 1.54) is 0 Å². The van der Waals surface area contributed by atoms with Gasteiger partial charge in [0.1, 0.15) is 0 Å². The quantitative estimate of drug-likeness (QED) is 0.859. The van der Waals surface area contributed by atoms with Gasteiger partial charge in [0.15, 0.2) is 9.84 Å². The van der Waals surface area contributed by atoms with E-state index in [4.69, 9.17) is 0 Å². The minimum atomic E-state index is -3.25. The molecule has 116 valence electrons. The third-order valence-corrected chi connectivity index (χ3v) is 5.36. The fourth-order valence-corrected chi connectivity index (χ4v) is 4.17. The van der Waals surface area contributed by atoms with Crippen molar-refractivity contribution in [2.75, 3.05) is 12.3 Å². The third-order valence-electron chi connectivity index (χ3n) is 3.54. The van der Waals surface area contributed by atoms with Gasteiger partial charge >= 0.3 is 0 Å². The lowest BCUT2D eigenvalue weighted by molar-refractivity contribution is -0.123. The summed E-state index contributed by atoms with van der Waals surface area (Å²) in [6.07, 6.45) is 0. The Hall–Kier alpha value is -1.40. The first-order valence-electron chi connectivity index (χ1n) is 7.16. The number of hydrogen-bond acceptors (Lipinski definition) is 4. The van der Waals surface area contributed by atoms with Gasteiger partial charge in [0.25, 0.3) is 0 Å². The van der Waals surface area contributed by atoms with Crippen LogP contribution >= 0.6 is 0 Å². The van der Waals surface area contributed by atoms with Crippen LogP contribution in [-0.2, 0) is 14.6 Å². The number of carbonyl (C=O) groups excluding carboxylic acids is 1. The molecule has 2 atom stereocenters. The Balaban J connectivity index is 2.06. The highest BCUT2D eigenvalue weighted by Gasteiger charge is 2.35.